The average Bonchev–Trinajstić information content (AvgIpc) is 3.29. The maximum absolute atomic E-state index is 13.3. The number of imidazole rings is 1. The zero-order valence-corrected chi connectivity index (χ0v) is 17.2. The number of carbonyl (C=O) groups excluding carboxylic acids is 2. The number of ether oxygens (including phenoxy) is 1. The van der Waals surface area contributed by atoms with Gasteiger partial charge in [-0.15, -0.1) is 0 Å². The maximum atomic E-state index is 13.3. The van der Waals surface area contributed by atoms with Crippen LogP contribution in [0.25, 0.3) is 11.3 Å². The quantitative estimate of drug-likeness (QED) is 0.620. The highest BCUT2D eigenvalue weighted by Crippen LogP contribution is 2.36. The number of nitrogens with one attached hydrogen (secondary N) is 1. The molecule has 11 heteroatoms. The van der Waals surface area contributed by atoms with Gasteiger partial charge in [-0.3, -0.25) is 9.48 Å². The van der Waals surface area contributed by atoms with Crippen molar-refractivity contribution in [1.82, 2.24) is 19.3 Å². The molecule has 1 N–H and O–H groups in total. The van der Waals surface area contributed by atoms with E-state index in [1.165, 1.54) is 50.3 Å². The van der Waals surface area contributed by atoms with Crippen molar-refractivity contribution in [2.24, 2.45) is 14.1 Å². The van der Waals surface area contributed by atoms with Crippen molar-refractivity contribution < 1.29 is 27.5 Å². The second-order valence-corrected chi connectivity index (χ2v) is 6.76. The van der Waals surface area contributed by atoms with E-state index in [2.05, 4.69) is 15.4 Å². The van der Waals surface area contributed by atoms with Crippen molar-refractivity contribution in [3.63, 3.8) is 0 Å². The summed E-state index contributed by atoms with van der Waals surface area (Å²) in [7, 11) is 4.11. The van der Waals surface area contributed by atoms with Crippen LogP contribution in [0, 0.1) is 0 Å². The Bertz CT molecular complexity index is 1150. The lowest BCUT2D eigenvalue weighted by Gasteiger charge is -2.11. The van der Waals surface area contributed by atoms with Crippen LogP contribution in [0.5, 0.6) is 0 Å². The van der Waals surface area contributed by atoms with Gasteiger partial charge >= 0.3 is 12.1 Å². The van der Waals surface area contributed by atoms with Crippen LogP contribution in [-0.4, -0.2) is 38.3 Å². The highest BCUT2D eigenvalue weighted by Gasteiger charge is 2.38. The Kier molecular flexibility index (Phi) is 5.87. The van der Waals surface area contributed by atoms with Crippen molar-refractivity contribution in [1.29, 1.82) is 0 Å². The number of hydrogen-bond acceptors (Lipinski definition) is 5. The number of halogens is 3. The van der Waals surface area contributed by atoms with Gasteiger partial charge in [0.1, 0.15) is 0 Å². The van der Waals surface area contributed by atoms with Crippen LogP contribution in [0.2, 0.25) is 0 Å². The summed E-state index contributed by atoms with van der Waals surface area (Å²) in [6.07, 6.45) is -1.71. The van der Waals surface area contributed by atoms with Gasteiger partial charge in [-0.1, -0.05) is 6.92 Å². The van der Waals surface area contributed by atoms with E-state index >= 15 is 0 Å². The third-order valence-electron chi connectivity index (χ3n) is 4.71. The fourth-order valence-electron chi connectivity index (χ4n) is 3.22. The molecular weight excluding hydrogens is 415 g/mol. The molecule has 164 valence electrons. The number of benzene rings is 1. The van der Waals surface area contributed by atoms with E-state index in [4.69, 9.17) is 4.74 Å². The largest absolute Gasteiger partial charge is 0.465 e. The molecule has 8 nitrogen and oxygen atoms in total. The van der Waals surface area contributed by atoms with Crippen LogP contribution < -0.4 is 5.32 Å². The summed E-state index contributed by atoms with van der Waals surface area (Å²) in [6, 6.07) is 4.71. The predicted molar refractivity (Wildman–Crippen MR) is 106 cm³/mol. The summed E-state index contributed by atoms with van der Waals surface area (Å²) < 4.78 is 47.0. The summed E-state index contributed by atoms with van der Waals surface area (Å²) >= 11 is 0. The predicted octanol–water partition coefficient (Wildman–Crippen LogP) is 3.44. The first kappa shape index (κ1) is 22.1. The van der Waals surface area contributed by atoms with E-state index in [1.54, 1.807) is 6.07 Å². The highest BCUT2D eigenvalue weighted by molar-refractivity contribution is 6.02. The van der Waals surface area contributed by atoms with Crippen molar-refractivity contribution in [3.05, 3.63) is 53.2 Å². The first-order valence-corrected chi connectivity index (χ1v) is 9.22. The first-order chi connectivity index (χ1) is 14.6. The minimum atomic E-state index is -4.65. The van der Waals surface area contributed by atoms with Crippen molar-refractivity contribution >= 4 is 17.6 Å². The number of methoxy groups -OCH3 is 1. The van der Waals surface area contributed by atoms with Gasteiger partial charge in [0, 0.05) is 26.0 Å². The zero-order valence-electron chi connectivity index (χ0n) is 17.2. The summed E-state index contributed by atoms with van der Waals surface area (Å²) in [5, 5.41) is 6.14. The van der Waals surface area contributed by atoms with Crippen molar-refractivity contribution in [2.75, 3.05) is 12.4 Å². The Morgan fingerprint density at radius 2 is 1.94 bits per heavy atom. The summed E-state index contributed by atoms with van der Waals surface area (Å²) in [5.74, 6) is -1.18. The molecule has 0 aliphatic carbocycles. The Morgan fingerprint density at radius 3 is 2.55 bits per heavy atom. The lowest BCUT2D eigenvalue weighted by molar-refractivity contribution is -0.141. The summed E-state index contributed by atoms with van der Waals surface area (Å²) in [4.78, 5) is 28.5. The molecule has 3 rings (SSSR count). The molecule has 0 saturated carbocycles. The molecule has 0 saturated heterocycles. The van der Waals surface area contributed by atoms with Crippen LogP contribution in [0.1, 0.15) is 39.2 Å². The Morgan fingerprint density at radius 1 is 1.23 bits per heavy atom. The number of aryl methyl sites for hydroxylation is 2. The number of alkyl halides is 3. The highest BCUT2D eigenvalue weighted by atomic mass is 19.4. The second-order valence-electron chi connectivity index (χ2n) is 6.76. The number of nitrogens with zero attached hydrogens (tertiary/aromatic N) is 4. The molecule has 2 aromatic heterocycles. The molecule has 0 spiro atoms. The topological polar surface area (TPSA) is 91.0 Å². The maximum Gasteiger partial charge on any atom is 0.435 e. The van der Waals surface area contributed by atoms with Gasteiger partial charge in [-0.25, -0.2) is 9.78 Å². The minimum Gasteiger partial charge on any atom is -0.465 e. The molecule has 0 aliphatic heterocycles. The fraction of sp³-hybridized carbons (Fsp3) is 0.300. The molecule has 0 unspecified atom stereocenters. The van der Waals surface area contributed by atoms with E-state index in [0.29, 0.717) is 23.2 Å². The van der Waals surface area contributed by atoms with Crippen LogP contribution in [0.4, 0.5) is 18.9 Å². The number of carbonyl (C=O) groups is 2. The number of rotatable bonds is 5. The number of aromatic nitrogens is 4. The normalized spacial score (nSPS) is 11.5. The molecule has 1 aromatic carbocycles. The average molecular weight is 435 g/mol. The molecule has 31 heavy (non-hydrogen) atoms. The molecule has 0 bridgehead atoms. The van der Waals surface area contributed by atoms with E-state index in [9.17, 15) is 22.8 Å². The monoisotopic (exact) mass is 435 g/mol. The van der Waals surface area contributed by atoms with E-state index in [-0.39, 0.29) is 17.1 Å². The lowest BCUT2D eigenvalue weighted by atomic mass is 10.0. The number of hydrogen-bond donors (Lipinski definition) is 1. The van der Waals surface area contributed by atoms with Crippen molar-refractivity contribution in [3.8, 4) is 11.3 Å². The number of amides is 1. The Hall–Kier alpha value is -3.63. The fourth-order valence-corrected chi connectivity index (χ4v) is 3.22. The standard InChI is InChI=1S/C20H20F3N5O3/c1-5-11-8-12(6-7-13(11)19(30)31-4)25-18(29)17-24-9-15(28(17)3)14-10-27(2)26-16(14)20(21,22)23/h6-10H,5H2,1-4H3,(H,25,29). The lowest BCUT2D eigenvalue weighted by Crippen LogP contribution is -2.18. The van der Waals surface area contributed by atoms with Gasteiger partial charge in [0.25, 0.3) is 5.91 Å². The smallest absolute Gasteiger partial charge is 0.435 e. The van der Waals surface area contributed by atoms with Gasteiger partial charge in [-0.2, -0.15) is 18.3 Å². The van der Waals surface area contributed by atoms with Crippen LogP contribution in [-0.2, 0) is 31.4 Å². The van der Waals surface area contributed by atoms with E-state index < -0.39 is 23.7 Å². The second kappa shape index (κ2) is 8.25. The van der Waals surface area contributed by atoms with Gasteiger partial charge < -0.3 is 14.6 Å². The van der Waals surface area contributed by atoms with E-state index in [1.807, 2.05) is 6.92 Å². The third-order valence-corrected chi connectivity index (χ3v) is 4.71. The molecule has 1 amide bonds. The molecule has 0 fully saturated rings. The molecular formula is C20H20F3N5O3. The van der Waals surface area contributed by atoms with E-state index in [0.717, 1.165) is 4.68 Å². The molecule has 0 radical (unpaired) electrons. The third kappa shape index (κ3) is 4.30. The molecule has 3 aromatic rings. The van der Waals surface area contributed by atoms with Crippen LogP contribution in [0.3, 0.4) is 0 Å². The van der Waals surface area contributed by atoms with Crippen molar-refractivity contribution in [2.45, 2.75) is 19.5 Å². The minimum absolute atomic E-state index is 0.0814. The Labute approximate surface area is 175 Å². The molecule has 0 aliphatic rings. The SMILES string of the molecule is CCc1cc(NC(=O)c2ncc(-c3cn(C)nc3C(F)(F)F)n2C)ccc1C(=O)OC. The Balaban J connectivity index is 1.91. The van der Waals surface area contributed by atoms with Gasteiger partial charge in [0.15, 0.2) is 11.5 Å². The molecule has 2 heterocycles. The number of esters is 1. The summed E-state index contributed by atoms with van der Waals surface area (Å²) in [6.45, 7) is 1.85. The van der Waals surface area contributed by atoms with Crippen LogP contribution >= 0.6 is 0 Å². The van der Waals surface area contributed by atoms with Crippen LogP contribution in [0.15, 0.2) is 30.6 Å². The van der Waals surface area contributed by atoms with Gasteiger partial charge in [0.2, 0.25) is 0 Å². The van der Waals surface area contributed by atoms with Gasteiger partial charge in [0.05, 0.1) is 30.1 Å². The van der Waals surface area contributed by atoms with Gasteiger partial charge in [-0.05, 0) is 30.2 Å². The zero-order chi connectivity index (χ0) is 22.9. The first-order valence-electron chi connectivity index (χ1n) is 9.22. The number of anilines is 1. The summed E-state index contributed by atoms with van der Waals surface area (Å²) in [5.41, 5.74) is 0.335. The molecule has 0 atom stereocenters.